The van der Waals surface area contributed by atoms with Gasteiger partial charge in [-0.2, -0.15) is 0 Å². The molecule has 0 saturated carbocycles. The topological polar surface area (TPSA) is 118 Å². The highest BCUT2D eigenvalue weighted by molar-refractivity contribution is 5.82. The zero-order valence-corrected chi connectivity index (χ0v) is 20.6. The van der Waals surface area contributed by atoms with Crippen LogP contribution in [0.5, 0.6) is 0 Å². The molecule has 9 heteroatoms. The van der Waals surface area contributed by atoms with E-state index in [0.29, 0.717) is 13.2 Å². The van der Waals surface area contributed by atoms with E-state index < -0.39 is 36.5 Å². The predicted octanol–water partition coefficient (Wildman–Crippen LogP) is 1.72. The number of carbonyl (C=O) groups excluding carboxylic acids is 2. The Labute approximate surface area is 211 Å². The van der Waals surface area contributed by atoms with Crippen molar-refractivity contribution in [1.29, 1.82) is 0 Å². The van der Waals surface area contributed by atoms with Crippen molar-refractivity contribution in [1.82, 2.24) is 5.32 Å². The molecule has 6 atom stereocenters. The highest BCUT2D eigenvalue weighted by Gasteiger charge is 2.51. The van der Waals surface area contributed by atoms with Gasteiger partial charge >= 0.3 is 5.97 Å². The molecule has 2 heterocycles. The number of benzene rings is 2. The number of nitrogens with one attached hydrogen (secondary N) is 1. The lowest BCUT2D eigenvalue weighted by atomic mass is 9.98. The molecule has 3 N–H and O–H groups in total. The van der Waals surface area contributed by atoms with Gasteiger partial charge < -0.3 is 34.7 Å². The summed E-state index contributed by atoms with van der Waals surface area (Å²) in [6.07, 6.45) is -3.74. The zero-order valence-electron chi connectivity index (χ0n) is 20.6. The van der Waals surface area contributed by atoms with Gasteiger partial charge in [-0.05, 0) is 25.0 Å². The lowest BCUT2D eigenvalue weighted by Crippen LogP contribution is -2.66. The Morgan fingerprint density at radius 2 is 1.39 bits per heavy atom. The monoisotopic (exact) mass is 498 g/mol. The number of amides is 1. The Hall–Kier alpha value is -2.82. The average Bonchev–Trinajstić information content (AvgIpc) is 2.84. The quantitative estimate of drug-likeness (QED) is 0.425. The normalized spacial score (nSPS) is 27.1. The molecule has 0 radical (unpaired) electrons. The summed E-state index contributed by atoms with van der Waals surface area (Å²) < 4.78 is 28.7. The fourth-order valence-electron chi connectivity index (χ4n) is 4.18. The van der Waals surface area contributed by atoms with E-state index in [1.165, 1.54) is 0 Å². The molecule has 9 nitrogen and oxygen atoms in total. The van der Waals surface area contributed by atoms with E-state index in [4.69, 9.17) is 29.4 Å². The van der Waals surface area contributed by atoms with Gasteiger partial charge in [-0.3, -0.25) is 4.79 Å². The van der Waals surface area contributed by atoms with Crippen molar-refractivity contribution in [3.05, 3.63) is 71.8 Å². The van der Waals surface area contributed by atoms with E-state index in [1.807, 2.05) is 60.7 Å². The van der Waals surface area contributed by atoms with Gasteiger partial charge in [0.15, 0.2) is 12.2 Å². The van der Waals surface area contributed by atoms with Gasteiger partial charge in [0.2, 0.25) is 0 Å². The van der Waals surface area contributed by atoms with E-state index in [2.05, 4.69) is 5.32 Å². The molecule has 2 aliphatic rings. The summed E-state index contributed by atoms with van der Waals surface area (Å²) in [6, 6.07) is 19.3. The van der Waals surface area contributed by atoms with Gasteiger partial charge in [-0.25, -0.2) is 4.79 Å². The first-order chi connectivity index (χ1) is 17.5. The van der Waals surface area contributed by atoms with Gasteiger partial charge in [0.25, 0.3) is 5.91 Å². The number of rotatable bonds is 12. The first kappa shape index (κ1) is 26.2. The van der Waals surface area contributed by atoms with Crippen LogP contribution in [0.15, 0.2) is 60.7 Å². The van der Waals surface area contributed by atoms with Crippen LogP contribution in [0.3, 0.4) is 0 Å². The third-order valence-electron chi connectivity index (χ3n) is 6.10. The summed E-state index contributed by atoms with van der Waals surface area (Å²) in [7, 11) is 0. The van der Waals surface area contributed by atoms with Crippen LogP contribution >= 0.6 is 0 Å². The number of nitrogens with two attached hydrogens (primary N) is 1. The fourth-order valence-corrected chi connectivity index (χ4v) is 4.18. The summed E-state index contributed by atoms with van der Waals surface area (Å²) in [5, 5.41) is 2.85. The Morgan fingerprint density at radius 3 is 1.92 bits per heavy atom. The second-order valence-corrected chi connectivity index (χ2v) is 9.18. The molecule has 2 saturated heterocycles. The number of carbonyl (C=O) groups is 2. The third kappa shape index (κ3) is 6.48. The maximum atomic E-state index is 12.9. The van der Waals surface area contributed by atoms with Gasteiger partial charge in [-0.1, -0.05) is 60.7 Å². The van der Waals surface area contributed by atoms with Crippen LogP contribution in [0.25, 0.3) is 0 Å². The minimum atomic E-state index is -0.846. The van der Waals surface area contributed by atoms with Crippen molar-refractivity contribution >= 4 is 11.9 Å². The van der Waals surface area contributed by atoms with Gasteiger partial charge in [0, 0.05) is 13.1 Å². The van der Waals surface area contributed by atoms with Crippen LogP contribution in [0, 0.1) is 0 Å². The first-order valence-electron chi connectivity index (χ1n) is 12.3. The van der Waals surface area contributed by atoms with E-state index in [1.54, 1.807) is 13.8 Å². The van der Waals surface area contributed by atoms with Gasteiger partial charge in [-0.15, -0.1) is 0 Å². The molecule has 0 bridgehead atoms. The molecule has 1 amide bonds. The number of hydrogen-bond acceptors (Lipinski definition) is 8. The smallest absolute Gasteiger partial charge is 0.338 e. The lowest BCUT2D eigenvalue weighted by Gasteiger charge is -2.44. The van der Waals surface area contributed by atoms with Crippen LogP contribution in [0.4, 0.5) is 0 Å². The number of esters is 1. The van der Waals surface area contributed by atoms with E-state index >= 15 is 0 Å². The van der Waals surface area contributed by atoms with Crippen molar-refractivity contribution in [3.8, 4) is 0 Å². The van der Waals surface area contributed by atoms with Gasteiger partial charge in [0.05, 0.1) is 19.3 Å². The van der Waals surface area contributed by atoms with Gasteiger partial charge in [0.1, 0.15) is 24.4 Å². The fraction of sp³-hybridized carbons (Fsp3) is 0.481. The van der Waals surface area contributed by atoms with Crippen molar-refractivity contribution < 1.29 is 33.3 Å². The van der Waals surface area contributed by atoms with Crippen LogP contribution in [0.1, 0.15) is 25.0 Å². The Bertz CT molecular complexity index is 988. The van der Waals surface area contributed by atoms with E-state index in [0.717, 1.165) is 11.1 Å². The maximum absolute atomic E-state index is 12.9. The average molecular weight is 499 g/mol. The second-order valence-electron chi connectivity index (χ2n) is 9.18. The summed E-state index contributed by atoms with van der Waals surface area (Å²) in [6.45, 7) is 4.63. The van der Waals surface area contributed by atoms with Crippen molar-refractivity contribution in [2.45, 2.75) is 69.8 Å². The van der Waals surface area contributed by atoms with Crippen LogP contribution in [-0.4, -0.2) is 67.7 Å². The Balaban J connectivity index is 1.30. The number of ether oxygens (including phenoxy) is 5. The Morgan fingerprint density at radius 1 is 0.861 bits per heavy atom. The highest BCUT2D eigenvalue weighted by atomic mass is 16.6. The highest BCUT2D eigenvalue weighted by Crippen LogP contribution is 2.29. The summed E-state index contributed by atoms with van der Waals surface area (Å²) in [4.78, 5) is 25.3. The Kier molecular flexibility index (Phi) is 9.06. The molecule has 0 spiro atoms. The molecule has 0 aromatic heterocycles. The molecular weight excluding hydrogens is 464 g/mol. The van der Waals surface area contributed by atoms with Crippen molar-refractivity contribution in [2.24, 2.45) is 5.73 Å². The standard InChI is InChI=1S/C27H34N2O7/c1-17(2)34-27(31)25-23(33-16-19-11-7-4-8-12-19)21(36-25)14-29-26(30)24-22(20(13-28)35-24)32-15-18-9-5-3-6-10-18/h3-12,17,20-25H,13-16,28H2,1-2H3,(H,29,30)/t20-,21-,22-,23-,24-,25-/m0/s1. The molecule has 4 rings (SSSR count). The molecule has 2 aromatic carbocycles. The molecule has 2 aliphatic heterocycles. The SMILES string of the molecule is CC(C)OC(=O)[C@H]1O[C@@H](CNC(=O)[C@H]2O[C@@H](CN)[C@@H]2OCc2ccccc2)[C@@H]1OCc1ccccc1. The zero-order chi connectivity index (χ0) is 25.5. The van der Waals surface area contributed by atoms with Crippen molar-refractivity contribution in [2.75, 3.05) is 13.1 Å². The minimum absolute atomic E-state index is 0.155. The van der Waals surface area contributed by atoms with E-state index in [9.17, 15) is 9.59 Å². The second kappa shape index (κ2) is 12.4. The van der Waals surface area contributed by atoms with Crippen LogP contribution in [0.2, 0.25) is 0 Å². The molecule has 194 valence electrons. The summed E-state index contributed by atoms with van der Waals surface area (Å²) in [5.41, 5.74) is 7.74. The van der Waals surface area contributed by atoms with E-state index in [-0.39, 0.29) is 31.2 Å². The third-order valence-corrected chi connectivity index (χ3v) is 6.10. The molecule has 0 unspecified atom stereocenters. The summed E-state index contributed by atoms with van der Waals surface area (Å²) >= 11 is 0. The molecule has 0 aliphatic carbocycles. The first-order valence-corrected chi connectivity index (χ1v) is 12.3. The summed E-state index contributed by atoms with van der Waals surface area (Å²) in [5.74, 6) is -0.801. The lowest BCUT2D eigenvalue weighted by molar-refractivity contribution is -0.252. The maximum Gasteiger partial charge on any atom is 0.338 e. The predicted molar refractivity (Wildman–Crippen MR) is 131 cm³/mol. The van der Waals surface area contributed by atoms with Crippen LogP contribution < -0.4 is 11.1 Å². The largest absolute Gasteiger partial charge is 0.461 e. The number of hydrogen-bond donors (Lipinski definition) is 2. The molecule has 2 fully saturated rings. The molecule has 2 aromatic rings. The molecular formula is C27H34N2O7. The minimum Gasteiger partial charge on any atom is -0.461 e. The van der Waals surface area contributed by atoms with Crippen molar-refractivity contribution in [3.63, 3.8) is 0 Å². The molecule has 36 heavy (non-hydrogen) atoms. The van der Waals surface area contributed by atoms with Crippen LogP contribution in [-0.2, 0) is 46.5 Å².